The summed E-state index contributed by atoms with van der Waals surface area (Å²) in [5.41, 5.74) is 0. The molecule has 0 saturated heterocycles. The van der Waals surface area contributed by atoms with Gasteiger partial charge in [0.25, 0.3) is 0 Å². The molecule has 0 aliphatic heterocycles. The van der Waals surface area contributed by atoms with Crippen LogP contribution in [0.1, 0.15) is 0 Å². The summed E-state index contributed by atoms with van der Waals surface area (Å²) >= 11 is 5.62. The van der Waals surface area contributed by atoms with E-state index in [1.165, 1.54) is 0 Å². The van der Waals surface area contributed by atoms with E-state index in [0.717, 1.165) is 0 Å². The van der Waals surface area contributed by atoms with Gasteiger partial charge in [-0.3, -0.25) is 0 Å². The van der Waals surface area contributed by atoms with Crippen LogP contribution in [0.2, 0.25) is 0 Å². The van der Waals surface area contributed by atoms with E-state index in [4.69, 9.17) is 0 Å². The maximum absolute atomic E-state index is 3.84. The van der Waals surface area contributed by atoms with Crippen molar-refractivity contribution >= 4 is 20.5 Å². The molecule has 0 radical (unpaired) electrons. The molecular formula is C6H9IN2Ni-3. The SMILES string of the molecule is [NH2-].[NH2-].[Ni][I].[c-]1ccccc1. The Hall–Kier alpha value is 0.364. The van der Waals surface area contributed by atoms with Crippen molar-refractivity contribution in [1.29, 1.82) is 0 Å². The van der Waals surface area contributed by atoms with Crippen molar-refractivity contribution in [2.45, 2.75) is 0 Å². The standard InChI is InChI=1S/C6H5.HI.2H2N.Ni/c1-2-4-6-5-3-1;;;;/h1-5H;1H;2*1H2;/q-1;;2*-1;+1/p-1. The Bertz CT molecular complexity index is 87.7. The van der Waals surface area contributed by atoms with Gasteiger partial charge in [0, 0.05) is 0 Å². The summed E-state index contributed by atoms with van der Waals surface area (Å²) < 4.78 is 0. The predicted molar refractivity (Wildman–Crippen MR) is 49.9 cm³/mol. The minimum Gasteiger partial charge on any atom is -0.184 e. The van der Waals surface area contributed by atoms with Gasteiger partial charge in [0.2, 0.25) is 0 Å². The van der Waals surface area contributed by atoms with Gasteiger partial charge in [-0.25, -0.2) is 0 Å². The number of hydrogen-bond donors (Lipinski definition) is 0. The van der Waals surface area contributed by atoms with Crippen molar-refractivity contribution in [2.75, 3.05) is 0 Å². The number of rotatable bonds is 0. The fourth-order valence-corrected chi connectivity index (χ4v) is 0.342. The third-order valence-corrected chi connectivity index (χ3v) is 0.607. The molecule has 0 spiro atoms. The van der Waals surface area contributed by atoms with Crippen molar-refractivity contribution < 1.29 is 12.3 Å². The molecule has 10 heavy (non-hydrogen) atoms. The van der Waals surface area contributed by atoms with Crippen molar-refractivity contribution in [3.05, 3.63) is 48.7 Å². The van der Waals surface area contributed by atoms with Crippen molar-refractivity contribution in [1.82, 2.24) is 0 Å². The fraction of sp³-hybridized carbons (Fsp3) is 0. The molecule has 0 aliphatic carbocycles. The summed E-state index contributed by atoms with van der Waals surface area (Å²) in [4.78, 5) is 0. The monoisotopic (exact) mass is 294 g/mol. The minimum atomic E-state index is 0. The van der Waals surface area contributed by atoms with Crippen molar-refractivity contribution in [3.63, 3.8) is 0 Å². The predicted octanol–water partition coefficient (Wildman–Crippen LogP) is 3.80. The first-order valence-electron chi connectivity index (χ1n) is 2.03. The summed E-state index contributed by atoms with van der Waals surface area (Å²) in [6.45, 7) is 0. The van der Waals surface area contributed by atoms with E-state index in [9.17, 15) is 0 Å². The van der Waals surface area contributed by atoms with E-state index in [-0.39, 0.29) is 12.3 Å². The number of benzene rings is 1. The Morgan fingerprint density at radius 1 is 0.900 bits per heavy atom. The van der Waals surface area contributed by atoms with Crippen LogP contribution in [0.15, 0.2) is 30.3 Å². The van der Waals surface area contributed by atoms with E-state index < -0.39 is 0 Å². The molecule has 1 rings (SSSR count). The molecule has 0 unspecified atom stereocenters. The maximum Gasteiger partial charge on any atom is -0.171 e. The first-order valence-corrected chi connectivity index (χ1v) is 5.22. The smallest absolute Gasteiger partial charge is 0.171 e. The van der Waals surface area contributed by atoms with E-state index >= 15 is 0 Å². The normalized spacial score (nSPS) is 5.50. The maximum atomic E-state index is 3.84. The average molecular weight is 295 g/mol. The minimum absolute atomic E-state index is 0. The topological polar surface area (TPSA) is 67.0 Å². The van der Waals surface area contributed by atoms with E-state index in [1.807, 2.05) is 30.3 Å². The van der Waals surface area contributed by atoms with Gasteiger partial charge >= 0.3 is 32.8 Å². The van der Waals surface area contributed by atoms with Gasteiger partial charge in [0.15, 0.2) is 0 Å². The molecule has 4 heteroatoms. The molecule has 0 aromatic heterocycles. The molecule has 0 aliphatic rings. The van der Waals surface area contributed by atoms with Crippen molar-refractivity contribution in [3.8, 4) is 0 Å². The summed E-state index contributed by atoms with van der Waals surface area (Å²) in [7, 11) is 0. The first kappa shape index (κ1) is 16.8. The Labute approximate surface area is 81.2 Å². The van der Waals surface area contributed by atoms with Gasteiger partial charge in [0.1, 0.15) is 0 Å². The molecule has 0 amide bonds. The molecule has 0 atom stereocenters. The molecule has 2 nitrogen and oxygen atoms in total. The molecule has 1 aromatic carbocycles. The Morgan fingerprint density at radius 3 is 1.40 bits per heavy atom. The van der Waals surface area contributed by atoms with Crippen LogP contribution >= 0.6 is 20.5 Å². The number of hydrogen-bond acceptors (Lipinski definition) is 0. The molecular weight excluding hydrogens is 286 g/mol. The number of halogens is 1. The summed E-state index contributed by atoms with van der Waals surface area (Å²) in [5, 5.41) is 0. The van der Waals surface area contributed by atoms with Gasteiger partial charge in [0.05, 0.1) is 0 Å². The van der Waals surface area contributed by atoms with Crippen LogP contribution in [0.5, 0.6) is 0 Å². The molecule has 4 N–H and O–H groups in total. The Kier molecular flexibility index (Phi) is 27.1. The fourth-order valence-electron chi connectivity index (χ4n) is 0.342. The van der Waals surface area contributed by atoms with Crippen LogP contribution in [-0.2, 0) is 12.3 Å². The van der Waals surface area contributed by atoms with Gasteiger partial charge in [-0.1, -0.05) is 0 Å². The molecule has 0 saturated carbocycles. The quantitative estimate of drug-likeness (QED) is 0.397. The summed E-state index contributed by atoms with van der Waals surface area (Å²) in [6.07, 6.45) is 0. The zero-order valence-corrected chi connectivity index (χ0v) is 8.38. The molecule has 1 aromatic rings. The number of nitrogens with two attached hydrogens (primary N) is 2. The zero-order valence-electron chi connectivity index (χ0n) is 5.24. The molecule has 0 fully saturated rings. The third-order valence-electron chi connectivity index (χ3n) is 0.607. The van der Waals surface area contributed by atoms with Gasteiger partial charge in [-0.15, -0.1) is 0 Å². The third kappa shape index (κ3) is 11.2. The van der Waals surface area contributed by atoms with E-state index in [2.05, 4.69) is 18.3 Å². The van der Waals surface area contributed by atoms with Crippen LogP contribution in [0, 0.1) is 6.07 Å². The van der Waals surface area contributed by atoms with Gasteiger partial charge in [-0.2, -0.15) is 36.4 Å². The molecule has 63 valence electrons. The molecule has 0 heterocycles. The summed E-state index contributed by atoms with van der Waals surface area (Å²) in [6, 6.07) is 12.5. The van der Waals surface area contributed by atoms with Crippen LogP contribution in [0.4, 0.5) is 0 Å². The van der Waals surface area contributed by atoms with Crippen LogP contribution < -0.4 is 0 Å². The summed E-state index contributed by atoms with van der Waals surface area (Å²) in [5.74, 6) is 0. The molecule has 0 bridgehead atoms. The van der Waals surface area contributed by atoms with Crippen LogP contribution in [0.25, 0.3) is 12.3 Å². The second kappa shape index (κ2) is 16.2. The van der Waals surface area contributed by atoms with Gasteiger partial charge < -0.3 is 12.3 Å². The second-order valence-corrected chi connectivity index (χ2v) is 1.08. The Morgan fingerprint density at radius 2 is 1.30 bits per heavy atom. The van der Waals surface area contributed by atoms with E-state index in [1.54, 1.807) is 20.5 Å². The van der Waals surface area contributed by atoms with Crippen molar-refractivity contribution in [2.24, 2.45) is 0 Å². The van der Waals surface area contributed by atoms with Crippen LogP contribution in [-0.4, -0.2) is 0 Å². The zero-order chi connectivity index (χ0) is 6.24. The first-order chi connectivity index (χ1) is 4.00. The average Bonchev–Trinajstić information content (AvgIpc) is 1.96. The van der Waals surface area contributed by atoms with Gasteiger partial charge in [-0.05, 0) is 0 Å². The van der Waals surface area contributed by atoms with Crippen LogP contribution in [0.3, 0.4) is 0 Å². The largest absolute Gasteiger partial charge is 0.184 e. The second-order valence-electron chi connectivity index (χ2n) is 1.08. The van der Waals surface area contributed by atoms with E-state index in [0.29, 0.717) is 0 Å². The Balaban J connectivity index is -0.000000114.